The first-order chi connectivity index (χ1) is 10.5. The van der Waals surface area contributed by atoms with Gasteiger partial charge in [0.25, 0.3) is 0 Å². The summed E-state index contributed by atoms with van der Waals surface area (Å²) in [6.07, 6.45) is 3.51. The molecule has 22 heavy (non-hydrogen) atoms. The fourth-order valence-electron chi connectivity index (χ4n) is 2.34. The van der Waals surface area contributed by atoms with E-state index in [0.717, 1.165) is 17.7 Å². The van der Waals surface area contributed by atoms with E-state index in [1.807, 2.05) is 13.2 Å². The number of thiazole rings is 1. The van der Waals surface area contributed by atoms with Gasteiger partial charge < -0.3 is 19.3 Å². The lowest BCUT2D eigenvalue weighted by Gasteiger charge is -2.29. The zero-order valence-corrected chi connectivity index (χ0v) is 13.2. The summed E-state index contributed by atoms with van der Waals surface area (Å²) < 4.78 is 6.63. The third kappa shape index (κ3) is 3.97. The second kappa shape index (κ2) is 7.26. The van der Waals surface area contributed by atoms with Crippen molar-refractivity contribution in [2.24, 2.45) is 12.0 Å². The Labute approximate surface area is 132 Å². The van der Waals surface area contributed by atoms with E-state index in [0.29, 0.717) is 23.8 Å². The monoisotopic (exact) mass is 325 g/mol. The Morgan fingerprint density at radius 2 is 2.23 bits per heavy atom. The van der Waals surface area contributed by atoms with E-state index < -0.39 is 12.2 Å². The summed E-state index contributed by atoms with van der Waals surface area (Å²) in [5, 5.41) is 8.96. The highest BCUT2D eigenvalue weighted by atomic mass is 32.1. The lowest BCUT2D eigenvalue weighted by Crippen LogP contribution is -2.36. The van der Waals surface area contributed by atoms with Crippen molar-refractivity contribution in [2.75, 3.05) is 19.7 Å². The molecule has 7 nitrogen and oxygen atoms in total. The zero-order chi connectivity index (χ0) is 16.1. The van der Waals surface area contributed by atoms with Gasteiger partial charge >= 0.3 is 12.2 Å². The summed E-state index contributed by atoms with van der Waals surface area (Å²) in [7, 11) is 1.83. The molecule has 120 valence electrons. The van der Waals surface area contributed by atoms with Crippen molar-refractivity contribution in [1.82, 2.24) is 9.47 Å². The predicted molar refractivity (Wildman–Crippen MR) is 82.0 cm³/mol. The van der Waals surface area contributed by atoms with E-state index in [1.165, 1.54) is 22.3 Å². The van der Waals surface area contributed by atoms with Crippen LogP contribution >= 0.6 is 11.3 Å². The molecule has 0 aromatic carbocycles. The minimum Gasteiger partial charge on any atom is -0.465 e. The number of ether oxygens (including phenoxy) is 1. The average Bonchev–Trinajstić information content (AvgIpc) is 2.86. The topological polar surface area (TPSA) is 84.1 Å². The van der Waals surface area contributed by atoms with Gasteiger partial charge in [-0.25, -0.2) is 9.59 Å². The highest BCUT2D eigenvalue weighted by Crippen LogP contribution is 2.29. The number of carboxylic acid groups (broad SMARTS) is 1. The number of aromatic nitrogens is 1. The summed E-state index contributed by atoms with van der Waals surface area (Å²) in [6.45, 7) is 4.68. The fourth-order valence-corrected chi connectivity index (χ4v) is 3.48. The molecule has 2 amide bonds. The molecule has 8 heteroatoms. The van der Waals surface area contributed by atoms with Crippen molar-refractivity contribution in [3.63, 3.8) is 0 Å². The first kappa shape index (κ1) is 16.3. The zero-order valence-electron chi connectivity index (χ0n) is 12.4. The molecule has 0 bridgehead atoms. The highest BCUT2D eigenvalue weighted by molar-refractivity contribution is 7.09. The lowest BCUT2D eigenvalue weighted by atomic mass is 9.96. The van der Waals surface area contributed by atoms with Crippen LogP contribution in [0, 0.1) is 0 Å². The van der Waals surface area contributed by atoms with Crippen molar-refractivity contribution in [3.8, 4) is 0 Å². The SMILES string of the molecule is C=CCOC(=O)N=c1sc(C2CCN(C(=O)O)CC2)cn1C. The summed E-state index contributed by atoms with van der Waals surface area (Å²) in [6, 6.07) is 0. The maximum absolute atomic E-state index is 11.5. The minimum atomic E-state index is -0.865. The van der Waals surface area contributed by atoms with Crippen molar-refractivity contribution in [2.45, 2.75) is 18.8 Å². The summed E-state index contributed by atoms with van der Waals surface area (Å²) >= 11 is 1.44. The predicted octanol–water partition coefficient (Wildman–Crippen LogP) is 2.17. The Kier molecular flexibility index (Phi) is 5.37. The van der Waals surface area contributed by atoms with Gasteiger partial charge in [0.2, 0.25) is 0 Å². The quantitative estimate of drug-likeness (QED) is 0.863. The van der Waals surface area contributed by atoms with E-state index in [2.05, 4.69) is 11.6 Å². The van der Waals surface area contributed by atoms with Crippen molar-refractivity contribution in [1.29, 1.82) is 0 Å². The molecule has 2 rings (SSSR count). The van der Waals surface area contributed by atoms with Crippen LogP contribution in [0.15, 0.2) is 23.8 Å². The molecule has 1 fully saturated rings. The van der Waals surface area contributed by atoms with Gasteiger partial charge in [-0.15, -0.1) is 16.3 Å². The first-order valence-corrected chi connectivity index (χ1v) is 7.79. The van der Waals surface area contributed by atoms with Crippen LogP contribution in [-0.4, -0.2) is 46.5 Å². The second-order valence-electron chi connectivity index (χ2n) is 5.05. The van der Waals surface area contributed by atoms with Crippen LogP contribution in [0.2, 0.25) is 0 Å². The molecule has 1 N–H and O–H groups in total. The van der Waals surface area contributed by atoms with Crippen LogP contribution in [0.3, 0.4) is 0 Å². The van der Waals surface area contributed by atoms with Crippen LogP contribution in [0.5, 0.6) is 0 Å². The van der Waals surface area contributed by atoms with Crippen LogP contribution in [0.4, 0.5) is 9.59 Å². The van der Waals surface area contributed by atoms with Crippen LogP contribution in [0.1, 0.15) is 23.6 Å². The van der Waals surface area contributed by atoms with Gasteiger partial charge in [0.05, 0.1) is 0 Å². The van der Waals surface area contributed by atoms with Gasteiger partial charge in [-0.2, -0.15) is 0 Å². The van der Waals surface area contributed by atoms with E-state index in [9.17, 15) is 9.59 Å². The standard InChI is InChI=1S/C14H19N3O4S/c1-3-8-21-13(18)15-12-16(2)9-11(22-12)10-4-6-17(7-5-10)14(19)20/h3,9-10H,1,4-8H2,2H3,(H,19,20). The van der Waals surface area contributed by atoms with Gasteiger partial charge in [-0.05, 0) is 18.8 Å². The Hall–Kier alpha value is -2.09. The maximum Gasteiger partial charge on any atom is 0.436 e. The molecule has 0 radical (unpaired) electrons. The molecule has 0 unspecified atom stereocenters. The first-order valence-electron chi connectivity index (χ1n) is 6.98. The van der Waals surface area contributed by atoms with Gasteiger partial charge in [0.15, 0.2) is 4.80 Å². The molecular weight excluding hydrogens is 306 g/mol. The Bertz CT molecular complexity index is 626. The van der Waals surface area contributed by atoms with Crippen LogP contribution in [0.25, 0.3) is 0 Å². The Morgan fingerprint density at radius 1 is 1.55 bits per heavy atom. The van der Waals surface area contributed by atoms with Gasteiger partial charge in [0, 0.05) is 31.2 Å². The van der Waals surface area contributed by atoms with Gasteiger partial charge in [-0.1, -0.05) is 12.7 Å². The number of carbonyl (C=O) groups is 2. The Morgan fingerprint density at radius 3 is 2.82 bits per heavy atom. The summed E-state index contributed by atoms with van der Waals surface area (Å²) in [5.41, 5.74) is 0. The van der Waals surface area contributed by atoms with E-state index in [1.54, 1.807) is 4.57 Å². The molecular formula is C14H19N3O4S. The van der Waals surface area contributed by atoms with Crippen LogP contribution < -0.4 is 4.80 Å². The largest absolute Gasteiger partial charge is 0.465 e. The maximum atomic E-state index is 11.5. The molecule has 1 aliphatic rings. The number of nitrogens with zero attached hydrogens (tertiary/aromatic N) is 3. The van der Waals surface area contributed by atoms with Gasteiger partial charge in [0.1, 0.15) is 6.61 Å². The minimum absolute atomic E-state index is 0.137. The number of piperidine rings is 1. The smallest absolute Gasteiger partial charge is 0.436 e. The second-order valence-corrected chi connectivity index (χ2v) is 6.09. The van der Waals surface area contributed by atoms with E-state index >= 15 is 0 Å². The summed E-state index contributed by atoms with van der Waals surface area (Å²) in [5.74, 6) is 0.306. The molecule has 1 aromatic rings. The number of likely N-dealkylation sites (tertiary alicyclic amines) is 1. The highest BCUT2D eigenvalue weighted by Gasteiger charge is 2.24. The number of carbonyl (C=O) groups excluding carboxylic acids is 1. The third-order valence-electron chi connectivity index (χ3n) is 3.51. The van der Waals surface area contributed by atoms with Crippen LogP contribution in [-0.2, 0) is 11.8 Å². The third-order valence-corrected chi connectivity index (χ3v) is 4.75. The molecule has 0 spiro atoms. The van der Waals surface area contributed by atoms with E-state index in [4.69, 9.17) is 9.84 Å². The number of amides is 2. The number of hydrogen-bond acceptors (Lipinski definition) is 4. The number of hydrogen-bond donors (Lipinski definition) is 1. The molecule has 1 aliphatic heterocycles. The molecule has 1 saturated heterocycles. The molecule has 0 atom stereocenters. The average molecular weight is 325 g/mol. The normalized spacial score (nSPS) is 16.6. The summed E-state index contributed by atoms with van der Waals surface area (Å²) in [4.78, 5) is 29.5. The van der Waals surface area contributed by atoms with Gasteiger partial charge in [-0.3, -0.25) is 0 Å². The van der Waals surface area contributed by atoms with Crippen molar-refractivity contribution >= 4 is 23.5 Å². The fraction of sp³-hybridized carbons (Fsp3) is 0.500. The molecule has 2 heterocycles. The van der Waals surface area contributed by atoms with Crippen molar-refractivity contribution in [3.05, 3.63) is 28.5 Å². The van der Waals surface area contributed by atoms with E-state index in [-0.39, 0.29) is 6.61 Å². The lowest BCUT2D eigenvalue weighted by molar-refractivity contribution is 0.132. The molecule has 0 aliphatic carbocycles. The van der Waals surface area contributed by atoms with Crippen molar-refractivity contribution < 1.29 is 19.4 Å². The number of rotatable bonds is 3. The molecule has 0 saturated carbocycles. The number of aryl methyl sites for hydroxylation is 1. The Balaban J connectivity index is 2.07. The molecule has 1 aromatic heterocycles.